The minimum atomic E-state index is 0.0513. The number of aromatic nitrogens is 3. The molecule has 2 aromatic heterocycles. The minimum Gasteiger partial charge on any atom is -0.390 e. The molecule has 20 heavy (non-hydrogen) atoms. The highest BCUT2D eigenvalue weighted by Gasteiger charge is 2.21. The predicted molar refractivity (Wildman–Crippen MR) is 74.8 cm³/mol. The van der Waals surface area contributed by atoms with E-state index in [-0.39, 0.29) is 6.10 Å². The van der Waals surface area contributed by atoms with E-state index in [1.165, 1.54) is 0 Å². The molecule has 3 heterocycles. The molecule has 0 radical (unpaired) electrons. The van der Waals surface area contributed by atoms with Crippen molar-refractivity contribution in [2.45, 2.75) is 39.7 Å². The van der Waals surface area contributed by atoms with Crippen LogP contribution >= 0.6 is 0 Å². The number of anilines is 1. The van der Waals surface area contributed by atoms with Gasteiger partial charge in [-0.15, -0.1) is 0 Å². The monoisotopic (exact) mass is 275 g/mol. The van der Waals surface area contributed by atoms with Crippen molar-refractivity contribution >= 4 is 22.6 Å². The fourth-order valence-electron chi connectivity index (χ4n) is 2.24. The van der Waals surface area contributed by atoms with Crippen molar-refractivity contribution in [2.24, 2.45) is 5.16 Å². The van der Waals surface area contributed by atoms with Crippen LogP contribution in [0.4, 0.5) is 5.82 Å². The summed E-state index contributed by atoms with van der Waals surface area (Å²) < 4.78 is 5.18. The summed E-state index contributed by atoms with van der Waals surface area (Å²) in [6.07, 6.45) is 1.84. The van der Waals surface area contributed by atoms with Crippen LogP contribution in [0.1, 0.15) is 31.3 Å². The molecule has 106 valence electrons. The molecular formula is C13H17N5O2. The number of oxime groups is 1. The second-order valence-electron chi connectivity index (χ2n) is 4.89. The van der Waals surface area contributed by atoms with E-state index in [4.69, 9.17) is 9.36 Å². The first-order valence-corrected chi connectivity index (χ1v) is 6.73. The van der Waals surface area contributed by atoms with E-state index >= 15 is 0 Å². The van der Waals surface area contributed by atoms with Crippen molar-refractivity contribution in [3.8, 4) is 0 Å². The Balaban J connectivity index is 1.76. The average Bonchev–Trinajstić information content (AvgIpc) is 3.03. The van der Waals surface area contributed by atoms with Gasteiger partial charge in [0.05, 0.1) is 18.0 Å². The molecule has 0 unspecified atom stereocenters. The fourth-order valence-corrected chi connectivity index (χ4v) is 2.24. The number of fused-ring (bicyclic) bond motifs is 1. The van der Waals surface area contributed by atoms with Gasteiger partial charge in [0.2, 0.25) is 0 Å². The Labute approximate surface area is 116 Å². The first kappa shape index (κ1) is 12.8. The summed E-state index contributed by atoms with van der Waals surface area (Å²) in [5, 5.41) is 12.1. The molecule has 1 atom stereocenters. The van der Waals surface area contributed by atoms with Crippen molar-refractivity contribution in [1.82, 2.24) is 15.1 Å². The van der Waals surface area contributed by atoms with E-state index in [2.05, 4.69) is 32.5 Å². The second kappa shape index (κ2) is 5.07. The van der Waals surface area contributed by atoms with Crippen LogP contribution in [-0.2, 0) is 4.84 Å². The number of nitrogens with one attached hydrogen (secondary N) is 1. The maximum Gasteiger partial charge on any atom is 0.263 e. The molecule has 1 N–H and O–H groups in total. The molecule has 0 saturated heterocycles. The summed E-state index contributed by atoms with van der Waals surface area (Å²) in [5.74, 6) is 1.38. The van der Waals surface area contributed by atoms with Gasteiger partial charge in [-0.25, -0.2) is 4.98 Å². The topological polar surface area (TPSA) is 85.4 Å². The first-order chi connectivity index (χ1) is 9.67. The van der Waals surface area contributed by atoms with Gasteiger partial charge in [-0.1, -0.05) is 17.2 Å². The van der Waals surface area contributed by atoms with Crippen LogP contribution in [0, 0.1) is 13.8 Å². The largest absolute Gasteiger partial charge is 0.390 e. The summed E-state index contributed by atoms with van der Waals surface area (Å²) in [6, 6.07) is 0. The molecule has 0 aliphatic carbocycles. The molecule has 1 aliphatic rings. The first-order valence-electron chi connectivity index (χ1n) is 6.73. The van der Waals surface area contributed by atoms with Crippen LogP contribution in [0.25, 0.3) is 11.1 Å². The van der Waals surface area contributed by atoms with Crippen molar-refractivity contribution < 1.29 is 9.36 Å². The molecule has 0 spiro atoms. The third-order valence-corrected chi connectivity index (χ3v) is 3.32. The van der Waals surface area contributed by atoms with Gasteiger partial charge in [0.25, 0.3) is 5.71 Å². The van der Waals surface area contributed by atoms with Gasteiger partial charge in [0, 0.05) is 6.42 Å². The van der Waals surface area contributed by atoms with Crippen LogP contribution in [0.5, 0.6) is 0 Å². The lowest BCUT2D eigenvalue weighted by Gasteiger charge is -2.11. The fraction of sp³-hybridized carbons (Fsp3) is 0.538. The second-order valence-corrected chi connectivity index (χ2v) is 4.89. The summed E-state index contributed by atoms with van der Waals surface area (Å²) in [4.78, 5) is 14.0. The maximum atomic E-state index is 5.38. The molecule has 0 aromatic carbocycles. The van der Waals surface area contributed by atoms with E-state index in [1.54, 1.807) is 0 Å². The molecular weight excluding hydrogens is 258 g/mol. The molecule has 3 rings (SSSR count). The van der Waals surface area contributed by atoms with Gasteiger partial charge in [-0.2, -0.15) is 4.98 Å². The number of nitrogens with zero attached hydrogens (tertiary/aromatic N) is 4. The Hall–Kier alpha value is -2.18. The minimum absolute atomic E-state index is 0.0513. The van der Waals surface area contributed by atoms with Crippen molar-refractivity contribution in [3.63, 3.8) is 0 Å². The molecule has 2 aromatic rings. The zero-order valence-corrected chi connectivity index (χ0v) is 11.8. The van der Waals surface area contributed by atoms with Gasteiger partial charge >= 0.3 is 0 Å². The quantitative estimate of drug-likeness (QED) is 0.920. The van der Waals surface area contributed by atoms with Gasteiger partial charge < -0.3 is 14.7 Å². The van der Waals surface area contributed by atoms with E-state index in [1.807, 2.05) is 13.8 Å². The molecule has 7 nitrogen and oxygen atoms in total. The molecule has 0 bridgehead atoms. The van der Waals surface area contributed by atoms with Crippen LogP contribution in [0.2, 0.25) is 0 Å². The zero-order chi connectivity index (χ0) is 14.1. The highest BCUT2D eigenvalue weighted by molar-refractivity contribution is 5.88. The van der Waals surface area contributed by atoms with E-state index in [9.17, 15) is 0 Å². The Bertz CT molecular complexity index is 664. The maximum absolute atomic E-state index is 5.38. The normalized spacial score (nSPS) is 18.1. The van der Waals surface area contributed by atoms with Crippen molar-refractivity contribution in [3.05, 3.63) is 11.5 Å². The average molecular weight is 275 g/mol. The van der Waals surface area contributed by atoms with Gasteiger partial charge in [-0.05, 0) is 20.3 Å². The molecule has 0 fully saturated rings. The number of hydrogen-bond donors (Lipinski definition) is 1. The predicted octanol–water partition coefficient (Wildman–Crippen LogP) is 2.20. The van der Waals surface area contributed by atoms with Crippen molar-refractivity contribution in [1.29, 1.82) is 0 Å². The molecule has 0 amide bonds. The van der Waals surface area contributed by atoms with Crippen LogP contribution in [0.15, 0.2) is 9.68 Å². The lowest BCUT2D eigenvalue weighted by Crippen LogP contribution is -2.20. The van der Waals surface area contributed by atoms with Gasteiger partial charge in [0.15, 0.2) is 0 Å². The molecule has 0 saturated carbocycles. The number of rotatable bonds is 4. The third kappa shape index (κ3) is 2.31. The summed E-state index contributed by atoms with van der Waals surface area (Å²) in [7, 11) is 0. The van der Waals surface area contributed by atoms with E-state index in [0.717, 1.165) is 35.5 Å². The summed E-state index contributed by atoms with van der Waals surface area (Å²) >= 11 is 0. The summed E-state index contributed by atoms with van der Waals surface area (Å²) in [6.45, 7) is 6.42. The Kier molecular flexibility index (Phi) is 3.25. The number of aryl methyl sites for hydroxylation is 2. The third-order valence-electron chi connectivity index (χ3n) is 3.32. The molecule has 1 aliphatic heterocycles. The lowest BCUT2D eigenvalue weighted by molar-refractivity contribution is 0.0948. The Morgan fingerprint density at radius 1 is 1.30 bits per heavy atom. The summed E-state index contributed by atoms with van der Waals surface area (Å²) in [5.41, 5.74) is 2.39. The number of hydrogen-bond acceptors (Lipinski definition) is 7. The lowest BCUT2D eigenvalue weighted by atomic mass is 10.1. The van der Waals surface area contributed by atoms with E-state index in [0.29, 0.717) is 18.1 Å². The van der Waals surface area contributed by atoms with Gasteiger partial charge in [-0.3, -0.25) is 0 Å². The van der Waals surface area contributed by atoms with Gasteiger partial charge in [0.1, 0.15) is 23.1 Å². The standard InChI is InChI=1S/C13H17N5O2/c1-4-9-5-10(19-18-9)6-14-12-11-7(2)17-20-13(11)16-8(3)15-12/h10H,4-6H2,1-3H3,(H,14,15,16)/t10-/m0/s1. The Morgan fingerprint density at radius 3 is 2.90 bits per heavy atom. The van der Waals surface area contributed by atoms with Crippen LogP contribution in [-0.4, -0.2) is 33.5 Å². The SMILES string of the molecule is CCC1=NO[C@H](CNc2nc(C)nc3onc(C)c23)C1. The molecule has 7 heteroatoms. The highest BCUT2D eigenvalue weighted by Crippen LogP contribution is 2.24. The zero-order valence-electron chi connectivity index (χ0n) is 11.8. The van der Waals surface area contributed by atoms with Crippen LogP contribution in [0.3, 0.4) is 0 Å². The highest BCUT2D eigenvalue weighted by atomic mass is 16.6. The van der Waals surface area contributed by atoms with E-state index < -0.39 is 0 Å². The van der Waals surface area contributed by atoms with Crippen LogP contribution < -0.4 is 5.32 Å². The smallest absolute Gasteiger partial charge is 0.263 e. The van der Waals surface area contributed by atoms with Crippen molar-refractivity contribution in [2.75, 3.05) is 11.9 Å². The Morgan fingerprint density at radius 2 is 2.15 bits per heavy atom.